The van der Waals surface area contributed by atoms with Gasteiger partial charge in [-0.1, -0.05) is 42.5 Å². The second-order valence-corrected chi connectivity index (χ2v) is 11.7. The van der Waals surface area contributed by atoms with Gasteiger partial charge in [-0.2, -0.15) is 0 Å². The number of ether oxygens (including phenoxy) is 2. The molecule has 13 nitrogen and oxygen atoms in total. The third kappa shape index (κ3) is 11.4. The van der Waals surface area contributed by atoms with E-state index in [9.17, 15) is 19.2 Å². The van der Waals surface area contributed by atoms with Gasteiger partial charge < -0.3 is 41.0 Å². The first kappa shape index (κ1) is 36.4. The molecule has 1 aliphatic rings. The molecule has 1 saturated carbocycles. The Balaban J connectivity index is 1.47. The summed E-state index contributed by atoms with van der Waals surface area (Å²) in [5.41, 5.74) is 2.11. The van der Waals surface area contributed by atoms with Crippen LogP contribution in [0.4, 0.5) is 5.69 Å². The van der Waals surface area contributed by atoms with Crippen LogP contribution < -0.4 is 21.3 Å². The summed E-state index contributed by atoms with van der Waals surface area (Å²) < 4.78 is 10.5. The lowest BCUT2D eigenvalue weighted by molar-refractivity contribution is -0.136. The van der Waals surface area contributed by atoms with E-state index in [1.807, 2.05) is 48.5 Å². The first-order chi connectivity index (χ1) is 23.4. The molecule has 1 fully saturated rings. The molecule has 0 bridgehead atoms. The maximum absolute atomic E-state index is 13.9. The summed E-state index contributed by atoms with van der Waals surface area (Å²) in [5, 5.41) is 30.2. The summed E-state index contributed by atoms with van der Waals surface area (Å²) in [5.74, 6) is -3.38. The number of aromatic nitrogens is 1. The highest BCUT2D eigenvalue weighted by molar-refractivity contribution is 5.99. The van der Waals surface area contributed by atoms with Gasteiger partial charge in [0, 0.05) is 54.5 Å². The molecule has 1 unspecified atom stereocenters. The smallest absolute Gasteiger partial charge is 0.247 e. The van der Waals surface area contributed by atoms with Crippen LogP contribution in [-0.2, 0) is 35.1 Å². The van der Waals surface area contributed by atoms with Crippen molar-refractivity contribution in [3.05, 3.63) is 72.4 Å². The number of anilines is 1. The van der Waals surface area contributed by atoms with Crippen LogP contribution in [0.5, 0.6) is 0 Å². The summed E-state index contributed by atoms with van der Waals surface area (Å²) in [6, 6.07) is 17.6. The number of fused-ring (bicyclic) bond motifs is 1. The maximum atomic E-state index is 13.9. The van der Waals surface area contributed by atoms with E-state index in [0.29, 0.717) is 5.69 Å². The Morgan fingerprint density at radius 3 is 1.96 bits per heavy atom. The molecule has 4 rings (SSSR count). The second kappa shape index (κ2) is 19.4. The van der Waals surface area contributed by atoms with Crippen LogP contribution in [0.15, 0.2) is 66.9 Å². The molecule has 0 aliphatic heterocycles. The van der Waals surface area contributed by atoms with Crippen molar-refractivity contribution < 1.29 is 38.9 Å². The molecule has 3 aromatic rings. The van der Waals surface area contributed by atoms with Crippen molar-refractivity contribution in [1.82, 2.24) is 20.9 Å². The van der Waals surface area contributed by atoms with Gasteiger partial charge in [0.15, 0.2) is 0 Å². The molecular formula is C35H45N5O8. The number of benzene rings is 2. The summed E-state index contributed by atoms with van der Waals surface area (Å²) in [7, 11) is 0. The standard InChI is InChI=1S/C35H45N5O8/c41-13-17-47-15-11-37-32(43)26-20-27(33(44)38-12-16-48-18-14-42)22-28(21-26)34(45)40-31(19-24-5-2-1-3-6-24)35(46)39-29-9-8-25-7-4-10-36-30(25)23-29/h1-10,23,26-28,31,41-42H,11-22H2,(H,37,43)(H,38,44)(H,39,46)(H,40,45)/t26-,27+,28?,31-/m0/s1. The Labute approximate surface area is 279 Å². The lowest BCUT2D eigenvalue weighted by Gasteiger charge is -2.33. The van der Waals surface area contributed by atoms with Crippen molar-refractivity contribution in [2.75, 3.05) is 58.0 Å². The summed E-state index contributed by atoms with van der Waals surface area (Å²) in [6.07, 6.45) is 2.56. The Morgan fingerprint density at radius 1 is 0.750 bits per heavy atom. The van der Waals surface area contributed by atoms with Gasteiger partial charge in [0.1, 0.15) is 6.04 Å². The average Bonchev–Trinajstić information content (AvgIpc) is 3.11. The van der Waals surface area contributed by atoms with Crippen LogP contribution in [0.25, 0.3) is 10.9 Å². The first-order valence-electron chi connectivity index (χ1n) is 16.3. The Bertz CT molecular complexity index is 1460. The lowest BCUT2D eigenvalue weighted by Crippen LogP contribution is -2.50. The average molecular weight is 664 g/mol. The second-order valence-electron chi connectivity index (χ2n) is 11.7. The van der Waals surface area contributed by atoms with Crippen molar-refractivity contribution >= 4 is 40.2 Å². The van der Waals surface area contributed by atoms with Crippen molar-refractivity contribution in [1.29, 1.82) is 0 Å². The third-order valence-electron chi connectivity index (χ3n) is 8.17. The molecule has 48 heavy (non-hydrogen) atoms. The number of amides is 4. The van der Waals surface area contributed by atoms with Crippen molar-refractivity contribution in [2.45, 2.75) is 31.7 Å². The quantitative estimate of drug-likeness (QED) is 0.109. The molecule has 0 radical (unpaired) electrons. The maximum Gasteiger partial charge on any atom is 0.247 e. The Kier molecular flexibility index (Phi) is 14.7. The molecule has 1 heterocycles. The van der Waals surface area contributed by atoms with Crippen molar-refractivity contribution in [3.8, 4) is 0 Å². The summed E-state index contributed by atoms with van der Waals surface area (Å²) in [6.45, 7) is 0.913. The fourth-order valence-electron chi connectivity index (χ4n) is 5.80. The van der Waals surface area contributed by atoms with Gasteiger partial charge in [-0.25, -0.2) is 0 Å². The molecule has 13 heteroatoms. The van der Waals surface area contributed by atoms with Crippen LogP contribution in [-0.4, -0.2) is 97.6 Å². The zero-order valence-electron chi connectivity index (χ0n) is 26.9. The van der Waals surface area contributed by atoms with Gasteiger partial charge in [-0.3, -0.25) is 24.2 Å². The largest absolute Gasteiger partial charge is 0.394 e. The van der Waals surface area contributed by atoms with E-state index in [4.69, 9.17) is 19.7 Å². The zero-order chi connectivity index (χ0) is 34.1. The van der Waals surface area contributed by atoms with Crippen LogP contribution in [0.1, 0.15) is 24.8 Å². The molecule has 0 spiro atoms. The molecular weight excluding hydrogens is 618 g/mol. The summed E-state index contributed by atoms with van der Waals surface area (Å²) in [4.78, 5) is 58.3. The number of carbonyl (C=O) groups excluding carboxylic acids is 4. The van der Waals surface area contributed by atoms with Gasteiger partial charge in [0.25, 0.3) is 0 Å². The fourth-order valence-corrected chi connectivity index (χ4v) is 5.80. The number of nitrogens with zero attached hydrogens (tertiary/aromatic N) is 1. The van der Waals surface area contributed by atoms with E-state index in [0.717, 1.165) is 16.5 Å². The minimum absolute atomic E-state index is 0.127. The minimum Gasteiger partial charge on any atom is -0.394 e. The van der Waals surface area contributed by atoms with Gasteiger partial charge in [0.2, 0.25) is 23.6 Å². The molecule has 4 atom stereocenters. The van der Waals surface area contributed by atoms with Crippen LogP contribution in [0, 0.1) is 17.8 Å². The molecule has 2 aromatic carbocycles. The highest BCUT2D eigenvalue weighted by atomic mass is 16.5. The number of aliphatic hydroxyl groups excluding tert-OH is 2. The van der Waals surface area contributed by atoms with Gasteiger partial charge in [0.05, 0.1) is 45.2 Å². The normalized spacial score (nSPS) is 18.1. The van der Waals surface area contributed by atoms with E-state index >= 15 is 0 Å². The fraction of sp³-hybridized carbons (Fsp3) is 0.457. The molecule has 0 saturated heterocycles. The monoisotopic (exact) mass is 663 g/mol. The molecule has 258 valence electrons. The molecule has 1 aliphatic carbocycles. The predicted octanol–water partition coefficient (Wildman–Crippen LogP) is 1.18. The van der Waals surface area contributed by atoms with Crippen LogP contribution >= 0.6 is 0 Å². The third-order valence-corrected chi connectivity index (χ3v) is 8.17. The van der Waals surface area contributed by atoms with E-state index in [1.54, 1.807) is 18.3 Å². The van der Waals surface area contributed by atoms with Crippen LogP contribution in [0.2, 0.25) is 0 Å². The zero-order valence-corrected chi connectivity index (χ0v) is 26.9. The number of pyridine rings is 1. The molecule has 1 aromatic heterocycles. The SMILES string of the molecule is O=C(N[C@@H](Cc1ccccc1)C(=O)Nc1ccc2cccnc2c1)C1C[C@@H](C(=O)NCCOCCO)C[C@@H](C(=O)NCCOCCO)C1. The van der Waals surface area contributed by atoms with Gasteiger partial charge >= 0.3 is 0 Å². The minimum atomic E-state index is -0.937. The highest BCUT2D eigenvalue weighted by Gasteiger charge is 2.40. The van der Waals surface area contributed by atoms with Crippen molar-refractivity contribution in [2.24, 2.45) is 17.8 Å². The van der Waals surface area contributed by atoms with E-state index < -0.39 is 35.6 Å². The van der Waals surface area contributed by atoms with Gasteiger partial charge in [-0.05, 0) is 43.0 Å². The number of rotatable bonds is 18. The number of aliphatic hydroxyl groups is 2. The number of carbonyl (C=O) groups is 4. The van der Waals surface area contributed by atoms with Gasteiger partial charge in [-0.15, -0.1) is 0 Å². The summed E-state index contributed by atoms with van der Waals surface area (Å²) >= 11 is 0. The molecule has 4 amide bonds. The van der Waals surface area contributed by atoms with E-state index in [-0.39, 0.29) is 90.2 Å². The van der Waals surface area contributed by atoms with Crippen LogP contribution in [0.3, 0.4) is 0 Å². The number of nitrogens with one attached hydrogen (secondary N) is 4. The highest BCUT2D eigenvalue weighted by Crippen LogP contribution is 2.34. The number of hydrogen-bond donors (Lipinski definition) is 6. The molecule has 6 N–H and O–H groups in total. The first-order valence-corrected chi connectivity index (χ1v) is 16.3. The Morgan fingerprint density at radius 2 is 1.35 bits per heavy atom. The lowest BCUT2D eigenvalue weighted by atomic mass is 9.74. The number of hydrogen-bond acceptors (Lipinski definition) is 9. The topological polar surface area (TPSA) is 188 Å². The Hall–Kier alpha value is -4.43. The van der Waals surface area contributed by atoms with E-state index in [1.165, 1.54) is 0 Å². The predicted molar refractivity (Wildman–Crippen MR) is 179 cm³/mol. The van der Waals surface area contributed by atoms with E-state index in [2.05, 4.69) is 26.3 Å². The van der Waals surface area contributed by atoms with Crippen molar-refractivity contribution in [3.63, 3.8) is 0 Å².